The molecule has 1 aromatic heterocycles. The molecule has 0 aliphatic rings. The Balaban J connectivity index is 2.55. The van der Waals surface area contributed by atoms with Crippen molar-refractivity contribution in [1.29, 1.82) is 0 Å². The molecule has 0 saturated heterocycles. The zero-order valence-corrected chi connectivity index (χ0v) is 12.3. The maximum absolute atomic E-state index is 12.5. The van der Waals surface area contributed by atoms with Gasteiger partial charge in [0.25, 0.3) is 0 Å². The van der Waals surface area contributed by atoms with Crippen molar-refractivity contribution in [1.82, 2.24) is 10.2 Å². The zero-order chi connectivity index (χ0) is 15.2. The number of hydrogen-bond acceptors (Lipinski definition) is 3. The molecule has 0 aliphatic carbocycles. The standard InChI is InChI=1S/C14H23F3N2O/c1-4-5-19(10-14(15,16)17)8-13-6-12(9-20-13)7-18-11(2)3/h6,9,11,18H,4-5,7-8,10H2,1-3H3. The number of nitrogens with zero attached hydrogens (tertiary/aromatic N) is 1. The van der Waals surface area contributed by atoms with E-state index in [-0.39, 0.29) is 6.54 Å². The number of halogens is 3. The van der Waals surface area contributed by atoms with Crippen molar-refractivity contribution in [2.24, 2.45) is 0 Å². The SMILES string of the molecule is CCCN(Cc1cc(CNC(C)C)co1)CC(F)(F)F. The number of hydrogen-bond donors (Lipinski definition) is 1. The van der Waals surface area contributed by atoms with Crippen molar-refractivity contribution < 1.29 is 17.6 Å². The first-order valence-corrected chi connectivity index (χ1v) is 6.89. The summed E-state index contributed by atoms with van der Waals surface area (Å²) in [4.78, 5) is 1.36. The van der Waals surface area contributed by atoms with Gasteiger partial charge in [-0.2, -0.15) is 13.2 Å². The van der Waals surface area contributed by atoms with Crippen LogP contribution in [0, 0.1) is 0 Å². The van der Waals surface area contributed by atoms with Crippen LogP contribution in [-0.2, 0) is 13.1 Å². The van der Waals surface area contributed by atoms with Crippen LogP contribution in [0.5, 0.6) is 0 Å². The van der Waals surface area contributed by atoms with Gasteiger partial charge in [0.2, 0.25) is 0 Å². The van der Waals surface area contributed by atoms with Gasteiger partial charge in [-0.05, 0) is 19.0 Å². The Morgan fingerprint density at radius 2 is 2.05 bits per heavy atom. The summed E-state index contributed by atoms with van der Waals surface area (Å²) in [6, 6.07) is 2.17. The third-order valence-electron chi connectivity index (χ3n) is 2.74. The van der Waals surface area contributed by atoms with E-state index < -0.39 is 12.7 Å². The van der Waals surface area contributed by atoms with Crippen molar-refractivity contribution in [2.75, 3.05) is 13.1 Å². The molecule has 6 heteroatoms. The minimum Gasteiger partial charge on any atom is -0.468 e. The molecule has 3 nitrogen and oxygen atoms in total. The molecule has 1 rings (SSSR count). The Labute approximate surface area is 118 Å². The highest BCUT2D eigenvalue weighted by Crippen LogP contribution is 2.19. The van der Waals surface area contributed by atoms with Gasteiger partial charge in [-0.15, -0.1) is 0 Å². The molecule has 0 atom stereocenters. The smallest absolute Gasteiger partial charge is 0.401 e. The summed E-state index contributed by atoms with van der Waals surface area (Å²) in [6.07, 6.45) is -1.90. The van der Waals surface area contributed by atoms with Crippen molar-refractivity contribution >= 4 is 0 Å². The Bertz CT molecular complexity index is 388. The largest absolute Gasteiger partial charge is 0.468 e. The minimum atomic E-state index is -4.18. The third-order valence-corrected chi connectivity index (χ3v) is 2.74. The van der Waals surface area contributed by atoms with Crippen molar-refractivity contribution in [2.45, 2.75) is 52.5 Å². The van der Waals surface area contributed by atoms with E-state index in [2.05, 4.69) is 5.32 Å². The third kappa shape index (κ3) is 6.96. The lowest BCUT2D eigenvalue weighted by Crippen LogP contribution is -2.34. The van der Waals surface area contributed by atoms with E-state index in [1.165, 1.54) is 4.90 Å². The van der Waals surface area contributed by atoms with Crippen LogP contribution >= 0.6 is 0 Å². The maximum atomic E-state index is 12.5. The van der Waals surface area contributed by atoms with Crippen LogP contribution < -0.4 is 5.32 Å². The summed E-state index contributed by atoms with van der Waals surface area (Å²) in [5.41, 5.74) is 0.956. The van der Waals surface area contributed by atoms with Crippen LogP contribution in [0.3, 0.4) is 0 Å². The van der Waals surface area contributed by atoms with Crippen LogP contribution in [0.4, 0.5) is 13.2 Å². The Hall–Kier alpha value is -1.01. The summed E-state index contributed by atoms with van der Waals surface area (Å²) < 4.78 is 42.7. The van der Waals surface area contributed by atoms with Gasteiger partial charge in [0.1, 0.15) is 5.76 Å². The monoisotopic (exact) mass is 292 g/mol. The summed E-state index contributed by atoms with van der Waals surface area (Å²) in [7, 11) is 0. The molecular formula is C14H23F3N2O. The van der Waals surface area contributed by atoms with Crippen LogP contribution in [0.1, 0.15) is 38.5 Å². The second-order valence-corrected chi connectivity index (χ2v) is 5.28. The summed E-state index contributed by atoms with van der Waals surface area (Å²) in [5, 5.41) is 3.24. The molecule has 1 N–H and O–H groups in total. The molecule has 0 radical (unpaired) electrons. The molecule has 0 spiro atoms. The fourth-order valence-corrected chi connectivity index (χ4v) is 1.93. The molecule has 0 fully saturated rings. The van der Waals surface area contributed by atoms with Gasteiger partial charge in [0.15, 0.2) is 0 Å². The van der Waals surface area contributed by atoms with E-state index in [1.807, 2.05) is 26.8 Å². The van der Waals surface area contributed by atoms with E-state index in [0.29, 0.717) is 31.3 Å². The van der Waals surface area contributed by atoms with Crippen LogP contribution in [0.15, 0.2) is 16.7 Å². The first-order chi connectivity index (χ1) is 9.30. The lowest BCUT2D eigenvalue weighted by molar-refractivity contribution is -0.147. The van der Waals surface area contributed by atoms with Gasteiger partial charge < -0.3 is 9.73 Å². The Morgan fingerprint density at radius 1 is 1.35 bits per heavy atom. The first-order valence-electron chi connectivity index (χ1n) is 6.89. The van der Waals surface area contributed by atoms with Crippen molar-refractivity contribution in [3.05, 3.63) is 23.7 Å². The molecule has 0 bridgehead atoms. The van der Waals surface area contributed by atoms with E-state index in [1.54, 1.807) is 6.26 Å². The predicted molar refractivity (Wildman–Crippen MR) is 72.3 cm³/mol. The molecular weight excluding hydrogens is 269 g/mol. The van der Waals surface area contributed by atoms with Gasteiger partial charge in [-0.25, -0.2) is 0 Å². The lowest BCUT2D eigenvalue weighted by Gasteiger charge is -2.21. The van der Waals surface area contributed by atoms with Gasteiger partial charge in [-0.1, -0.05) is 20.8 Å². The molecule has 1 aromatic rings. The zero-order valence-electron chi connectivity index (χ0n) is 12.3. The number of alkyl halides is 3. The molecule has 0 unspecified atom stereocenters. The summed E-state index contributed by atoms with van der Waals surface area (Å²) in [5.74, 6) is 0.572. The Morgan fingerprint density at radius 3 is 2.60 bits per heavy atom. The van der Waals surface area contributed by atoms with Crippen LogP contribution in [-0.4, -0.2) is 30.2 Å². The van der Waals surface area contributed by atoms with E-state index >= 15 is 0 Å². The average molecular weight is 292 g/mol. The first kappa shape index (κ1) is 17.0. The topological polar surface area (TPSA) is 28.4 Å². The van der Waals surface area contributed by atoms with E-state index in [9.17, 15) is 13.2 Å². The maximum Gasteiger partial charge on any atom is 0.401 e. The number of nitrogens with one attached hydrogen (secondary N) is 1. The van der Waals surface area contributed by atoms with Gasteiger partial charge in [0, 0.05) is 18.2 Å². The quantitative estimate of drug-likeness (QED) is 0.794. The average Bonchev–Trinajstić information content (AvgIpc) is 2.72. The fraction of sp³-hybridized carbons (Fsp3) is 0.714. The Kier molecular flexibility index (Phi) is 6.55. The highest BCUT2D eigenvalue weighted by molar-refractivity contribution is 5.12. The fourth-order valence-electron chi connectivity index (χ4n) is 1.93. The number of furan rings is 1. The molecule has 0 amide bonds. The molecule has 0 aliphatic heterocycles. The minimum absolute atomic E-state index is 0.190. The van der Waals surface area contributed by atoms with Gasteiger partial charge in [-0.3, -0.25) is 4.90 Å². The van der Waals surface area contributed by atoms with Gasteiger partial charge >= 0.3 is 6.18 Å². The van der Waals surface area contributed by atoms with Crippen molar-refractivity contribution in [3.63, 3.8) is 0 Å². The van der Waals surface area contributed by atoms with Gasteiger partial charge in [0.05, 0.1) is 19.4 Å². The normalized spacial score (nSPS) is 12.6. The molecule has 1 heterocycles. The van der Waals surface area contributed by atoms with E-state index in [4.69, 9.17) is 4.42 Å². The predicted octanol–water partition coefficient (Wildman–Crippen LogP) is 3.55. The highest BCUT2D eigenvalue weighted by atomic mass is 19.4. The lowest BCUT2D eigenvalue weighted by atomic mass is 10.2. The van der Waals surface area contributed by atoms with Crippen molar-refractivity contribution in [3.8, 4) is 0 Å². The second kappa shape index (κ2) is 7.69. The molecule has 0 aromatic carbocycles. The molecule has 0 saturated carbocycles. The highest BCUT2D eigenvalue weighted by Gasteiger charge is 2.30. The molecule has 116 valence electrons. The summed E-state index contributed by atoms with van der Waals surface area (Å²) >= 11 is 0. The van der Waals surface area contributed by atoms with Crippen LogP contribution in [0.2, 0.25) is 0 Å². The van der Waals surface area contributed by atoms with E-state index in [0.717, 1.165) is 5.56 Å². The van der Waals surface area contributed by atoms with Crippen LogP contribution in [0.25, 0.3) is 0 Å². The summed E-state index contributed by atoms with van der Waals surface area (Å²) in [6.45, 7) is 6.29. The molecule has 20 heavy (non-hydrogen) atoms. The second-order valence-electron chi connectivity index (χ2n) is 5.28. The number of rotatable bonds is 8.